The largest absolute Gasteiger partial charge is 0.469 e. The number of ether oxygens (including phenoxy) is 3. The maximum Gasteiger partial charge on any atom is 0.469 e. The van der Waals surface area contributed by atoms with Crippen LogP contribution in [0.3, 0.4) is 0 Å². The number of carbonyl (C=O) groups excluding carboxylic acids is 2. The van der Waals surface area contributed by atoms with Gasteiger partial charge in [0.15, 0.2) is 12.4 Å². The van der Waals surface area contributed by atoms with Gasteiger partial charge < -0.3 is 39.3 Å². The van der Waals surface area contributed by atoms with Crippen LogP contribution in [0, 0.1) is 5.92 Å². The van der Waals surface area contributed by atoms with E-state index in [1.54, 1.807) is 12.2 Å². The summed E-state index contributed by atoms with van der Waals surface area (Å²) in [6.07, 6.45) is 27.7. The minimum atomic E-state index is -4.82. The van der Waals surface area contributed by atoms with E-state index in [0.717, 1.165) is 57.8 Å². The van der Waals surface area contributed by atoms with E-state index in [2.05, 4.69) is 30.5 Å². The predicted octanol–water partition coefficient (Wildman–Crippen LogP) is 8.29. The normalized spacial score (nSPS) is 20.6. The lowest BCUT2D eigenvalue weighted by atomic mass is 9.87. The van der Waals surface area contributed by atoms with Crippen LogP contribution in [-0.4, -0.2) is 81.0 Å². The van der Waals surface area contributed by atoms with Gasteiger partial charge in [-0.25, -0.2) is 4.57 Å². The molecular weight excluding hydrogens is 715 g/mol. The van der Waals surface area contributed by atoms with E-state index in [9.17, 15) is 29.5 Å². The van der Waals surface area contributed by atoms with Crippen molar-refractivity contribution in [2.45, 2.75) is 192 Å². The highest BCUT2D eigenvalue weighted by Crippen LogP contribution is 2.36. The van der Waals surface area contributed by atoms with Gasteiger partial charge in [-0.2, -0.15) is 0 Å². The molecule has 1 unspecified atom stereocenters. The molecule has 1 aliphatic heterocycles. The Hall–Kier alpha value is -1.89. The van der Waals surface area contributed by atoms with E-state index in [4.69, 9.17) is 24.0 Å². The van der Waals surface area contributed by atoms with Crippen LogP contribution in [-0.2, 0) is 32.9 Å². The average molecular weight is 789 g/mol. The second-order valence-electron chi connectivity index (χ2n) is 14.5. The van der Waals surface area contributed by atoms with E-state index in [1.807, 2.05) is 12.2 Å². The number of phosphoric acid groups is 1. The Morgan fingerprint density at radius 2 is 1.33 bits per heavy atom. The van der Waals surface area contributed by atoms with Crippen molar-refractivity contribution in [1.82, 2.24) is 0 Å². The van der Waals surface area contributed by atoms with Gasteiger partial charge in [-0.15, -0.1) is 0 Å². The molecule has 0 radical (unpaired) electrons. The molecule has 54 heavy (non-hydrogen) atoms. The Labute approximate surface area is 325 Å². The van der Waals surface area contributed by atoms with Gasteiger partial charge in [-0.3, -0.25) is 14.1 Å². The number of rotatable bonds is 33. The highest BCUT2D eigenvalue weighted by atomic mass is 31.2. The number of phosphoric ester groups is 1. The monoisotopic (exact) mass is 788 g/mol. The standard InChI is InChI=1S/C41H73O12P/c1-3-5-7-8-9-10-11-12-13-14-15-16-17-18-24-28-40(45)52-35(33-51-54(47,48)49)32-50-39(44)27-23-20-19-22-26-36-37(43)31-41(46)53-38(36)30-29-34(42)25-21-6-4-2/h12-13,19,22,29-30,34-38,41-43,46H,3-11,14-18,20-21,23-28,31-33H2,1-2H3,(H2,47,48,49)/b13-12-,22-19-,30-29+/t34-,35+,36-,37-,38+,41?/m0/s1. The van der Waals surface area contributed by atoms with Crippen LogP contribution in [0.4, 0.5) is 0 Å². The number of aliphatic hydroxyl groups is 3. The van der Waals surface area contributed by atoms with Crippen LogP contribution in [0.2, 0.25) is 0 Å². The Kier molecular flexibility index (Phi) is 29.9. The molecule has 1 fully saturated rings. The maximum absolute atomic E-state index is 12.4. The van der Waals surface area contributed by atoms with Gasteiger partial charge in [0, 0.05) is 25.2 Å². The second-order valence-corrected chi connectivity index (χ2v) is 15.7. The first-order chi connectivity index (χ1) is 25.9. The smallest absolute Gasteiger partial charge is 0.462 e. The summed E-state index contributed by atoms with van der Waals surface area (Å²) < 4.78 is 32.0. The van der Waals surface area contributed by atoms with Crippen LogP contribution in [0.1, 0.15) is 162 Å². The third kappa shape index (κ3) is 28.5. The maximum atomic E-state index is 12.4. The van der Waals surface area contributed by atoms with Crippen LogP contribution < -0.4 is 0 Å². The first-order valence-corrected chi connectivity index (χ1v) is 22.2. The van der Waals surface area contributed by atoms with Crippen LogP contribution in [0.25, 0.3) is 0 Å². The molecule has 1 rings (SSSR count). The van der Waals surface area contributed by atoms with Gasteiger partial charge in [-0.05, 0) is 57.8 Å². The third-order valence-corrected chi connectivity index (χ3v) is 9.91. The van der Waals surface area contributed by atoms with Crippen molar-refractivity contribution >= 4 is 19.8 Å². The molecule has 5 N–H and O–H groups in total. The fraction of sp³-hybridized carbons (Fsp3) is 0.805. The average Bonchev–Trinajstić information content (AvgIpc) is 3.12. The Bertz CT molecular complexity index is 1090. The third-order valence-electron chi connectivity index (χ3n) is 9.43. The van der Waals surface area contributed by atoms with Gasteiger partial charge in [0.2, 0.25) is 0 Å². The van der Waals surface area contributed by atoms with Gasteiger partial charge in [-0.1, -0.05) is 121 Å². The molecular formula is C41H73O12P. The first-order valence-electron chi connectivity index (χ1n) is 20.7. The molecule has 6 atom stereocenters. The molecule has 0 bridgehead atoms. The summed E-state index contributed by atoms with van der Waals surface area (Å²) in [5.41, 5.74) is 0. The number of aliphatic hydroxyl groups excluding tert-OH is 3. The molecule has 13 heteroatoms. The van der Waals surface area contributed by atoms with Crippen molar-refractivity contribution in [3.8, 4) is 0 Å². The minimum Gasteiger partial charge on any atom is -0.462 e. The Balaban J connectivity index is 2.34. The molecule has 314 valence electrons. The summed E-state index contributed by atoms with van der Waals surface area (Å²) in [4.78, 5) is 43.0. The fourth-order valence-corrected chi connectivity index (χ4v) is 6.59. The van der Waals surface area contributed by atoms with Crippen LogP contribution in [0.5, 0.6) is 0 Å². The number of allylic oxidation sites excluding steroid dienone is 4. The van der Waals surface area contributed by atoms with Crippen molar-refractivity contribution in [3.63, 3.8) is 0 Å². The number of unbranched alkanes of at least 4 members (excludes halogenated alkanes) is 14. The quantitative estimate of drug-likeness (QED) is 0.0186. The zero-order valence-electron chi connectivity index (χ0n) is 33.1. The highest BCUT2D eigenvalue weighted by molar-refractivity contribution is 7.46. The van der Waals surface area contributed by atoms with E-state index in [-0.39, 0.29) is 31.8 Å². The van der Waals surface area contributed by atoms with Crippen LogP contribution in [0.15, 0.2) is 36.5 Å². The second kappa shape index (κ2) is 32.2. The Morgan fingerprint density at radius 1 is 0.759 bits per heavy atom. The van der Waals surface area contributed by atoms with E-state index in [1.165, 1.54) is 38.5 Å². The van der Waals surface area contributed by atoms with E-state index in [0.29, 0.717) is 32.1 Å². The number of hydrogen-bond acceptors (Lipinski definition) is 10. The van der Waals surface area contributed by atoms with E-state index < -0.39 is 57.1 Å². The Morgan fingerprint density at radius 3 is 2.00 bits per heavy atom. The molecule has 0 aromatic heterocycles. The van der Waals surface area contributed by atoms with Crippen molar-refractivity contribution in [2.75, 3.05) is 13.2 Å². The van der Waals surface area contributed by atoms with E-state index >= 15 is 0 Å². The van der Waals surface area contributed by atoms with Gasteiger partial charge in [0.25, 0.3) is 0 Å². The van der Waals surface area contributed by atoms with Crippen molar-refractivity contribution in [3.05, 3.63) is 36.5 Å². The van der Waals surface area contributed by atoms with Crippen LogP contribution >= 0.6 is 7.82 Å². The molecule has 0 aromatic rings. The van der Waals surface area contributed by atoms with Gasteiger partial charge in [0.05, 0.1) is 24.9 Å². The summed E-state index contributed by atoms with van der Waals surface area (Å²) in [6.45, 7) is 3.33. The number of carbonyl (C=O) groups is 2. The molecule has 0 amide bonds. The fourth-order valence-electron chi connectivity index (χ4n) is 6.23. The summed E-state index contributed by atoms with van der Waals surface area (Å²) in [7, 11) is -4.82. The number of esters is 2. The lowest BCUT2D eigenvalue weighted by molar-refractivity contribution is -0.199. The predicted molar refractivity (Wildman–Crippen MR) is 210 cm³/mol. The molecule has 0 saturated carbocycles. The SMILES string of the molecule is CCCCCCCC/C=C\CCCCCCCC(=O)O[C@H](COC(=O)CCC/C=C\C[C@H]1[C@@H](O)CC(O)O[C@@H]1/C=C/[C@@H](O)CCCCC)COP(=O)(O)O. The zero-order valence-corrected chi connectivity index (χ0v) is 34.0. The lowest BCUT2D eigenvalue weighted by Crippen LogP contribution is -2.43. The number of hydrogen-bond donors (Lipinski definition) is 5. The molecule has 0 aliphatic carbocycles. The molecule has 1 heterocycles. The van der Waals surface area contributed by atoms with Gasteiger partial charge >= 0.3 is 19.8 Å². The zero-order chi connectivity index (χ0) is 39.9. The lowest BCUT2D eigenvalue weighted by Gasteiger charge is -2.36. The topological polar surface area (TPSA) is 189 Å². The molecule has 1 aliphatic rings. The summed E-state index contributed by atoms with van der Waals surface area (Å²) in [6, 6.07) is 0. The first kappa shape index (κ1) is 50.1. The summed E-state index contributed by atoms with van der Waals surface area (Å²) in [5, 5.41) is 30.8. The molecule has 0 aromatic carbocycles. The van der Waals surface area contributed by atoms with Gasteiger partial charge in [0.1, 0.15) is 6.61 Å². The minimum absolute atomic E-state index is 0.0713. The molecule has 12 nitrogen and oxygen atoms in total. The summed E-state index contributed by atoms with van der Waals surface area (Å²) >= 11 is 0. The van der Waals surface area contributed by atoms with Crippen molar-refractivity contribution < 1.29 is 58.0 Å². The summed E-state index contributed by atoms with van der Waals surface area (Å²) in [5.74, 6) is -1.40. The van der Waals surface area contributed by atoms with Crippen molar-refractivity contribution in [2.24, 2.45) is 5.92 Å². The van der Waals surface area contributed by atoms with Crippen molar-refractivity contribution in [1.29, 1.82) is 0 Å². The molecule has 1 saturated heterocycles. The highest BCUT2D eigenvalue weighted by Gasteiger charge is 2.35. The molecule has 0 spiro atoms.